The fraction of sp³-hybridized carbons (Fsp3) is 1.00. The smallest absolute Gasteiger partial charge is 0.0701 e. The summed E-state index contributed by atoms with van der Waals surface area (Å²) in [5, 5.41) is 0. The molecule has 2 unspecified atom stereocenters. The van der Waals surface area contributed by atoms with Gasteiger partial charge in [0.25, 0.3) is 0 Å². The molecule has 1 spiro atoms. The summed E-state index contributed by atoms with van der Waals surface area (Å²) in [4.78, 5) is 0. The molecule has 2 atom stereocenters. The van der Waals surface area contributed by atoms with Crippen LogP contribution in [0.15, 0.2) is 0 Å². The highest BCUT2D eigenvalue weighted by Crippen LogP contribution is 2.42. The van der Waals surface area contributed by atoms with Crippen LogP contribution in [0.2, 0.25) is 0 Å². The van der Waals surface area contributed by atoms with Crippen molar-refractivity contribution in [2.75, 3.05) is 31.3 Å². The molecule has 2 aliphatic heterocycles. The minimum Gasteiger partial charge on any atom is -0.380 e. The number of thioether (sulfide) groups is 1. The van der Waals surface area contributed by atoms with Gasteiger partial charge in [-0.05, 0) is 57.0 Å². The van der Waals surface area contributed by atoms with Gasteiger partial charge in [-0.15, -0.1) is 0 Å². The Morgan fingerprint density at radius 1 is 1.44 bits per heavy atom. The second-order valence-corrected chi connectivity index (χ2v) is 7.20. The minimum atomic E-state index is -0.211. The second kappa shape index (κ2) is 6.12. The van der Waals surface area contributed by atoms with Gasteiger partial charge in [-0.2, -0.15) is 11.8 Å². The third kappa shape index (κ3) is 3.41. The first-order valence-corrected chi connectivity index (χ1v) is 8.32. The lowest BCUT2D eigenvalue weighted by atomic mass is 9.73. The van der Waals surface area contributed by atoms with E-state index in [1.165, 1.54) is 24.3 Å². The zero-order valence-electron chi connectivity index (χ0n) is 11.7. The van der Waals surface area contributed by atoms with Crippen molar-refractivity contribution < 1.29 is 9.47 Å². The summed E-state index contributed by atoms with van der Waals surface area (Å²) < 4.78 is 11.7. The van der Waals surface area contributed by atoms with Gasteiger partial charge in [-0.25, -0.2) is 0 Å². The van der Waals surface area contributed by atoms with Gasteiger partial charge in [0.2, 0.25) is 0 Å². The largest absolute Gasteiger partial charge is 0.380 e. The van der Waals surface area contributed by atoms with Crippen LogP contribution in [0.1, 0.15) is 39.5 Å². The van der Waals surface area contributed by atoms with E-state index in [4.69, 9.17) is 15.2 Å². The molecule has 0 aromatic carbocycles. The monoisotopic (exact) mass is 273 g/mol. The average molecular weight is 273 g/mol. The van der Waals surface area contributed by atoms with E-state index >= 15 is 0 Å². The number of rotatable bonds is 4. The van der Waals surface area contributed by atoms with Crippen LogP contribution in [-0.2, 0) is 9.47 Å². The van der Waals surface area contributed by atoms with Crippen molar-refractivity contribution in [1.82, 2.24) is 0 Å². The van der Waals surface area contributed by atoms with Gasteiger partial charge in [0, 0.05) is 18.8 Å². The van der Waals surface area contributed by atoms with Crippen molar-refractivity contribution in [2.45, 2.75) is 50.7 Å². The minimum absolute atomic E-state index is 0.126. The number of ether oxygens (including phenoxy) is 2. The van der Waals surface area contributed by atoms with Gasteiger partial charge < -0.3 is 15.2 Å². The van der Waals surface area contributed by atoms with E-state index in [1.54, 1.807) is 0 Å². The van der Waals surface area contributed by atoms with E-state index in [0.29, 0.717) is 12.5 Å². The van der Waals surface area contributed by atoms with Crippen molar-refractivity contribution in [3.8, 4) is 0 Å². The van der Waals surface area contributed by atoms with E-state index in [9.17, 15) is 0 Å². The zero-order chi connectivity index (χ0) is 13.1. The fourth-order valence-electron chi connectivity index (χ4n) is 3.12. The van der Waals surface area contributed by atoms with Crippen molar-refractivity contribution in [1.29, 1.82) is 0 Å². The van der Waals surface area contributed by atoms with E-state index in [0.717, 1.165) is 26.1 Å². The lowest BCUT2D eigenvalue weighted by Gasteiger charge is -2.47. The van der Waals surface area contributed by atoms with Crippen LogP contribution in [0.3, 0.4) is 0 Å². The van der Waals surface area contributed by atoms with Crippen LogP contribution in [0.25, 0.3) is 0 Å². The van der Waals surface area contributed by atoms with Crippen LogP contribution in [0.4, 0.5) is 0 Å². The molecule has 3 nitrogen and oxygen atoms in total. The SMILES string of the molecule is CCOCC(C)(N)C1CCOC2(CCSCC2)C1. The molecule has 0 aliphatic carbocycles. The highest BCUT2D eigenvalue weighted by molar-refractivity contribution is 7.99. The van der Waals surface area contributed by atoms with Crippen LogP contribution in [0, 0.1) is 5.92 Å². The van der Waals surface area contributed by atoms with Gasteiger partial charge in [0.15, 0.2) is 0 Å². The number of hydrogen-bond donors (Lipinski definition) is 1. The highest BCUT2D eigenvalue weighted by Gasteiger charge is 2.43. The molecule has 2 rings (SSSR count). The molecule has 106 valence electrons. The van der Waals surface area contributed by atoms with E-state index in [-0.39, 0.29) is 11.1 Å². The molecule has 18 heavy (non-hydrogen) atoms. The van der Waals surface area contributed by atoms with Gasteiger partial charge in [-0.3, -0.25) is 0 Å². The molecule has 0 saturated carbocycles. The predicted molar refractivity (Wildman–Crippen MR) is 77.1 cm³/mol. The van der Waals surface area contributed by atoms with Crippen LogP contribution in [0.5, 0.6) is 0 Å². The molecule has 0 amide bonds. The standard InChI is InChI=1S/C14H27NO2S/c1-3-16-11-13(2,15)12-4-7-17-14(10-12)5-8-18-9-6-14/h12H,3-11,15H2,1-2H3. The van der Waals surface area contributed by atoms with Crippen molar-refractivity contribution in [2.24, 2.45) is 11.7 Å². The Hall–Kier alpha value is 0.230. The topological polar surface area (TPSA) is 44.5 Å². The Balaban J connectivity index is 1.96. The summed E-state index contributed by atoms with van der Waals surface area (Å²) in [5.74, 6) is 3.00. The third-order valence-corrected chi connectivity index (χ3v) is 5.43. The normalized spacial score (nSPS) is 31.2. The fourth-order valence-corrected chi connectivity index (χ4v) is 4.36. The van der Waals surface area contributed by atoms with Crippen LogP contribution in [-0.4, -0.2) is 42.5 Å². The summed E-state index contributed by atoms with van der Waals surface area (Å²) in [5.41, 5.74) is 6.40. The zero-order valence-corrected chi connectivity index (χ0v) is 12.6. The number of nitrogens with two attached hydrogens (primary N) is 1. The molecule has 2 saturated heterocycles. The van der Waals surface area contributed by atoms with Crippen LogP contribution >= 0.6 is 11.8 Å². The average Bonchev–Trinajstić information content (AvgIpc) is 2.37. The summed E-state index contributed by atoms with van der Waals surface area (Å²) in [6.45, 7) is 6.45. The molecule has 0 radical (unpaired) electrons. The van der Waals surface area contributed by atoms with E-state index in [1.807, 2.05) is 18.7 Å². The lowest BCUT2D eigenvalue weighted by molar-refractivity contribution is -0.117. The quantitative estimate of drug-likeness (QED) is 0.854. The number of hydrogen-bond acceptors (Lipinski definition) is 4. The second-order valence-electron chi connectivity index (χ2n) is 5.98. The summed E-state index contributed by atoms with van der Waals surface area (Å²) in [6.07, 6.45) is 4.58. The first-order valence-electron chi connectivity index (χ1n) is 7.16. The van der Waals surface area contributed by atoms with Crippen molar-refractivity contribution in [3.63, 3.8) is 0 Å². The molecule has 2 N–H and O–H groups in total. The Morgan fingerprint density at radius 2 is 2.17 bits per heavy atom. The first-order chi connectivity index (χ1) is 8.58. The Labute approximate surface area is 115 Å². The third-order valence-electron chi connectivity index (χ3n) is 4.45. The van der Waals surface area contributed by atoms with Gasteiger partial charge >= 0.3 is 0 Å². The molecule has 0 bridgehead atoms. The summed E-state index contributed by atoms with van der Waals surface area (Å²) in [6, 6.07) is 0. The highest BCUT2D eigenvalue weighted by atomic mass is 32.2. The Morgan fingerprint density at radius 3 is 2.83 bits per heavy atom. The molecule has 0 aromatic heterocycles. The summed E-state index contributed by atoms with van der Waals surface area (Å²) >= 11 is 2.05. The van der Waals surface area contributed by atoms with Gasteiger partial charge in [0.1, 0.15) is 0 Å². The molecule has 2 fully saturated rings. The lowest BCUT2D eigenvalue weighted by Crippen LogP contribution is -2.55. The van der Waals surface area contributed by atoms with E-state index < -0.39 is 0 Å². The molecule has 4 heteroatoms. The first kappa shape index (κ1) is 14.6. The molecular formula is C14H27NO2S. The molecule has 0 aromatic rings. The maximum absolute atomic E-state index is 6.48. The predicted octanol–water partition coefficient (Wildman–Crippen LogP) is 2.43. The summed E-state index contributed by atoms with van der Waals surface area (Å²) in [7, 11) is 0. The Kier molecular flexibility index (Phi) is 4.98. The Bertz CT molecular complexity index is 259. The molecule has 2 heterocycles. The van der Waals surface area contributed by atoms with Gasteiger partial charge in [-0.1, -0.05) is 0 Å². The van der Waals surface area contributed by atoms with Gasteiger partial charge in [0.05, 0.1) is 12.2 Å². The van der Waals surface area contributed by atoms with E-state index in [2.05, 4.69) is 6.92 Å². The maximum atomic E-state index is 6.48. The maximum Gasteiger partial charge on any atom is 0.0701 e. The van der Waals surface area contributed by atoms with Crippen molar-refractivity contribution in [3.05, 3.63) is 0 Å². The van der Waals surface area contributed by atoms with Crippen molar-refractivity contribution >= 4 is 11.8 Å². The molecule has 2 aliphatic rings. The molecular weight excluding hydrogens is 246 g/mol. The van der Waals surface area contributed by atoms with Crippen LogP contribution < -0.4 is 5.73 Å².